The highest BCUT2D eigenvalue weighted by Crippen LogP contribution is 2.08. The maximum atomic E-state index is 12.8. The number of hydrogen-bond donors (Lipinski definition) is 1. The molecule has 2 aromatic carbocycles. The molecule has 0 radical (unpaired) electrons. The second kappa shape index (κ2) is 7.65. The first kappa shape index (κ1) is 14.5. The number of nitrogens with one attached hydrogen (secondary N) is 1. The molecule has 20 heavy (non-hydrogen) atoms. The number of halogens is 1. The maximum absolute atomic E-state index is 12.8. The van der Waals surface area contributed by atoms with E-state index in [-0.39, 0.29) is 5.82 Å². The van der Waals surface area contributed by atoms with E-state index in [1.54, 1.807) is 12.1 Å². The van der Waals surface area contributed by atoms with Gasteiger partial charge in [0.2, 0.25) is 0 Å². The molecular weight excluding hydrogens is 251 g/mol. The topological polar surface area (TPSA) is 15.3 Å². The van der Waals surface area contributed by atoms with Crippen LogP contribution in [0.4, 0.5) is 10.1 Å². The van der Waals surface area contributed by atoms with Crippen molar-refractivity contribution in [2.45, 2.75) is 13.5 Å². The summed E-state index contributed by atoms with van der Waals surface area (Å²) in [5, 5.41) is 3.31. The van der Waals surface area contributed by atoms with Crippen LogP contribution in [0.3, 0.4) is 0 Å². The Hall–Kier alpha value is -1.87. The third-order valence-corrected chi connectivity index (χ3v) is 3.30. The van der Waals surface area contributed by atoms with E-state index >= 15 is 0 Å². The highest BCUT2D eigenvalue weighted by molar-refractivity contribution is 5.42. The molecule has 0 spiro atoms. The molecule has 0 saturated heterocycles. The van der Waals surface area contributed by atoms with Crippen LogP contribution in [0.25, 0.3) is 0 Å². The second-order valence-corrected chi connectivity index (χ2v) is 4.79. The Bertz CT molecular complexity index is 496. The molecule has 0 saturated carbocycles. The van der Waals surface area contributed by atoms with E-state index in [0.717, 1.165) is 31.9 Å². The summed E-state index contributed by atoms with van der Waals surface area (Å²) in [5.41, 5.74) is 2.29. The van der Waals surface area contributed by atoms with Gasteiger partial charge in [-0.05, 0) is 36.4 Å². The summed E-state index contributed by atoms with van der Waals surface area (Å²) >= 11 is 0. The summed E-state index contributed by atoms with van der Waals surface area (Å²) in [6, 6.07) is 17.0. The van der Waals surface area contributed by atoms with Crippen molar-refractivity contribution < 1.29 is 4.39 Å². The summed E-state index contributed by atoms with van der Waals surface area (Å²) < 4.78 is 12.8. The predicted octanol–water partition coefficient (Wildman–Crippen LogP) is 3.76. The minimum Gasteiger partial charge on any atom is -0.384 e. The van der Waals surface area contributed by atoms with Gasteiger partial charge in [-0.2, -0.15) is 0 Å². The summed E-state index contributed by atoms with van der Waals surface area (Å²) in [4.78, 5) is 2.38. The Kier molecular flexibility index (Phi) is 5.56. The van der Waals surface area contributed by atoms with Gasteiger partial charge in [0, 0.05) is 25.3 Å². The van der Waals surface area contributed by atoms with Gasteiger partial charge < -0.3 is 5.32 Å². The lowest BCUT2D eigenvalue weighted by atomic mass is 10.2. The Morgan fingerprint density at radius 2 is 1.70 bits per heavy atom. The third kappa shape index (κ3) is 4.67. The molecule has 0 unspecified atom stereocenters. The number of nitrogens with zero attached hydrogens (tertiary/aromatic N) is 1. The van der Waals surface area contributed by atoms with E-state index in [0.29, 0.717) is 0 Å². The lowest BCUT2D eigenvalue weighted by Crippen LogP contribution is -2.28. The van der Waals surface area contributed by atoms with Crippen molar-refractivity contribution in [3.05, 3.63) is 66.0 Å². The molecule has 0 aliphatic heterocycles. The van der Waals surface area contributed by atoms with Gasteiger partial charge in [0.15, 0.2) is 0 Å². The highest BCUT2D eigenvalue weighted by Gasteiger charge is 2.03. The Balaban J connectivity index is 1.78. The lowest BCUT2D eigenvalue weighted by Gasteiger charge is -2.21. The maximum Gasteiger partial charge on any atom is 0.123 e. The van der Waals surface area contributed by atoms with Gasteiger partial charge in [-0.25, -0.2) is 4.39 Å². The SMILES string of the molecule is CCN(CCNc1ccc(F)cc1)Cc1ccccc1. The van der Waals surface area contributed by atoms with Crippen molar-refractivity contribution >= 4 is 5.69 Å². The molecule has 3 heteroatoms. The largest absolute Gasteiger partial charge is 0.384 e. The molecule has 0 atom stereocenters. The average molecular weight is 272 g/mol. The highest BCUT2D eigenvalue weighted by atomic mass is 19.1. The van der Waals surface area contributed by atoms with Crippen molar-refractivity contribution in [1.82, 2.24) is 4.90 Å². The van der Waals surface area contributed by atoms with Gasteiger partial charge in [0.1, 0.15) is 5.82 Å². The Morgan fingerprint density at radius 3 is 2.35 bits per heavy atom. The van der Waals surface area contributed by atoms with Crippen LogP contribution in [-0.4, -0.2) is 24.5 Å². The number of likely N-dealkylation sites (N-methyl/N-ethyl adjacent to an activating group) is 1. The van der Waals surface area contributed by atoms with E-state index in [9.17, 15) is 4.39 Å². The molecule has 0 aliphatic rings. The first-order valence-electron chi connectivity index (χ1n) is 7.03. The zero-order valence-corrected chi connectivity index (χ0v) is 11.8. The van der Waals surface area contributed by atoms with Gasteiger partial charge in [-0.15, -0.1) is 0 Å². The van der Waals surface area contributed by atoms with Crippen LogP contribution in [0.2, 0.25) is 0 Å². The molecule has 1 N–H and O–H groups in total. The van der Waals surface area contributed by atoms with Crippen LogP contribution in [0.1, 0.15) is 12.5 Å². The molecule has 2 rings (SSSR count). The predicted molar refractivity (Wildman–Crippen MR) is 82.3 cm³/mol. The standard InChI is InChI=1S/C17H21FN2/c1-2-20(14-15-6-4-3-5-7-15)13-12-19-17-10-8-16(18)9-11-17/h3-11,19H,2,12-14H2,1H3. The molecule has 2 nitrogen and oxygen atoms in total. The van der Waals surface area contributed by atoms with Gasteiger partial charge in [0.05, 0.1) is 0 Å². The molecule has 0 fully saturated rings. The van der Waals surface area contributed by atoms with Crippen LogP contribution in [0.5, 0.6) is 0 Å². The lowest BCUT2D eigenvalue weighted by molar-refractivity contribution is 0.291. The van der Waals surface area contributed by atoms with Crippen molar-refractivity contribution in [2.24, 2.45) is 0 Å². The minimum absolute atomic E-state index is 0.199. The smallest absolute Gasteiger partial charge is 0.123 e. The molecule has 0 bridgehead atoms. The van der Waals surface area contributed by atoms with Gasteiger partial charge in [0.25, 0.3) is 0 Å². The van der Waals surface area contributed by atoms with Crippen LogP contribution >= 0.6 is 0 Å². The van der Waals surface area contributed by atoms with E-state index in [1.165, 1.54) is 17.7 Å². The third-order valence-electron chi connectivity index (χ3n) is 3.30. The number of rotatable bonds is 7. The van der Waals surface area contributed by atoms with Gasteiger partial charge >= 0.3 is 0 Å². The fourth-order valence-electron chi connectivity index (χ4n) is 2.12. The number of anilines is 1. The normalized spacial score (nSPS) is 10.8. The number of benzene rings is 2. The van der Waals surface area contributed by atoms with E-state index in [4.69, 9.17) is 0 Å². The van der Waals surface area contributed by atoms with Crippen molar-refractivity contribution in [3.8, 4) is 0 Å². The Morgan fingerprint density at radius 1 is 1.00 bits per heavy atom. The van der Waals surface area contributed by atoms with E-state index in [1.807, 2.05) is 6.07 Å². The molecular formula is C17H21FN2. The van der Waals surface area contributed by atoms with Gasteiger partial charge in [-0.1, -0.05) is 37.3 Å². The zero-order valence-electron chi connectivity index (χ0n) is 11.8. The average Bonchev–Trinajstić information content (AvgIpc) is 2.49. The minimum atomic E-state index is -0.199. The zero-order chi connectivity index (χ0) is 14.2. The monoisotopic (exact) mass is 272 g/mol. The van der Waals surface area contributed by atoms with Crippen molar-refractivity contribution in [3.63, 3.8) is 0 Å². The first-order valence-corrected chi connectivity index (χ1v) is 7.03. The summed E-state index contributed by atoms with van der Waals surface area (Å²) in [7, 11) is 0. The van der Waals surface area contributed by atoms with Gasteiger partial charge in [-0.3, -0.25) is 4.90 Å². The molecule has 106 valence electrons. The van der Waals surface area contributed by atoms with E-state index in [2.05, 4.69) is 41.4 Å². The van der Waals surface area contributed by atoms with Crippen molar-refractivity contribution in [2.75, 3.05) is 25.0 Å². The molecule has 2 aromatic rings. The number of hydrogen-bond acceptors (Lipinski definition) is 2. The summed E-state index contributed by atoms with van der Waals surface area (Å²) in [6.45, 7) is 5.96. The fraction of sp³-hybridized carbons (Fsp3) is 0.294. The Labute approximate surface area is 120 Å². The summed E-state index contributed by atoms with van der Waals surface area (Å²) in [6.07, 6.45) is 0. The van der Waals surface area contributed by atoms with Crippen LogP contribution < -0.4 is 5.32 Å². The second-order valence-electron chi connectivity index (χ2n) is 4.79. The van der Waals surface area contributed by atoms with Crippen molar-refractivity contribution in [1.29, 1.82) is 0 Å². The first-order chi connectivity index (χ1) is 9.78. The van der Waals surface area contributed by atoms with Crippen LogP contribution in [-0.2, 0) is 6.54 Å². The molecule has 0 aromatic heterocycles. The molecule has 0 amide bonds. The quantitative estimate of drug-likeness (QED) is 0.825. The molecule has 0 aliphatic carbocycles. The van der Waals surface area contributed by atoms with Crippen LogP contribution in [0, 0.1) is 5.82 Å². The van der Waals surface area contributed by atoms with E-state index < -0.39 is 0 Å². The molecule has 0 heterocycles. The summed E-state index contributed by atoms with van der Waals surface area (Å²) in [5.74, 6) is -0.199. The fourth-order valence-corrected chi connectivity index (χ4v) is 2.12. The van der Waals surface area contributed by atoms with Crippen LogP contribution in [0.15, 0.2) is 54.6 Å².